The summed E-state index contributed by atoms with van der Waals surface area (Å²) in [5.74, 6) is -1.20. The Morgan fingerprint density at radius 3 is 2.69 bits per heavy atom. The molecule has 0 saturated carbocycles. The lowest BCUT2D eigenvalue weighted by atomic mass is 10.1. The molecule has 1 amide bonds. The van der Waals surface area contributed by atoms with Gasteiger partial charge in [-0.15, -0.1) is 0 Å². The van der Waals surface area contributed by atoms with E-state index in [-0.39, 0.29) is 24.9 Å². The molecule has 0 bridgehead atoms. The van der Waals surface area contributed by atoms with Crippen molar-refractivity contribution in [1.82, 2.24) is 15.3 Å². The van der Waals surface area contributed by atoms with Crippen molar-refractivity contribution < 1.29 is 18.7 Å². The fourth-order valence-corrected chi connectivity index (χ4v) is 3.13. The lowest BCUT2D eigenvalue weighted by Gasteiger charge is -2.13. The number of nitrogens with one attached hydrogen (secondary N) is 2. The fourth-order valence-electron chi connectivity index (χ4n) is 3.13. The van der Waals surface area contributed by atoms with Gasteiger partial charge in [0.2, 0.25) is 0 Å². The number of ether oxygens (including phenoxy) is 1. The molecule has 2 aromatic carbocycles. The molecule has 7 nitrogen and oxygen atoms in total. The van der Waals surface area contributed by atoms with Crippen LogP contribution in [0.3, 0.4) is 0 Å². The highest BCUT2D eigenvalue weighted by Crippen LogP contribution is 2.27. The molecule has 0 saturated heterocycles. The van der Waals surface area contributed by atoms with Crippen LogP contribution in [-0.4, -0.2) is 35.0 Å². The number of carbonyl (C=O) groups excluding carboxylic acids is 2. The summed E-state index contributed by atoms with van der Waals surface area (Å²) in [5, 5.41) is 6.60. The van der Waals surface area contributed by atoms with Crippen LogP contribution in [-0.2, 0) is 4.74 Å². The maximum atomic E-state index is 13.5. The second-order valence-corrected chi connectivity index (χ2v) is 6.82. The minimum absolute atomic E-state index is 0.0105. The van der Waals surface area contributed by atoms with E-state index in [2.05, 4.69) is 20.6 Å². The SMILES string of the molecule is O=C(NCCOC(=O)c1ccccc1Nc1ccnc2cc(F)ccc12)c1cccnc1. The van der Waals surface area contributed by atoms with Crippen LogP contribution in [0.2, 0.25) is 0 Å². The zero-order valence-electron chi connectivity index (χ0n) is 16.9. The van der Waals surface area contributed by atoms with Gasteiger partial charge in [0.05, 0.1) is 28.9 Å². The summed E-state index contributed by atoms with van der Waals surface area (Å²) in [6, 6.07) is 16.3. The van der Waals surface area contributed by atoms with Gasteiger partial charge in [0.15, 0.2) is 0 Å². The van der Waals surface area contributed by atoms with Crippen molar-refractivity contribution in [2.45, 2.75) is 0 Å². The smallest absolute Gasteiger partial charge is 0.340 e. The molecule has 0 unspecified atom stereocenters. The van der Waals surface area contributed by atoms with E-state index in [0.717, 1.165) is 5.39 Å². The summed E-state index contributed by atoms with van der Waals surface area (Å²) < 4.78 is 18.8. The molecule has 160 valence electrons. The first-order valence-electron chi connectivity index (χ1n) is 9.87. The largest absolute Gasteiger partial charge is 0.460 e. The first-order chi connectivity index (χ1) is 15.6. The van der Waals surface area contributed by atoms with E-state index >= 15 is 0 Å². The highest BCUT2D eigenvalue weighted by Gasteiger charge is 2.14. The van der Waals surface area contributed by atoms with Crippen molar-refractivity contribution in [3.8, 4) is 0 Å². The van der Waals surface area contributed by atoms with Gasteiger partial charge >= 0.3 is 5.97 Å². The molecular weight excluding hydrogens is 411 g/mol. The standard InChI is InChI=1S/C24H19FN4O3/c25-17-7-8-18-21(9-11-27-22(18)14-17)29-20-6-2-1-5-19(20)24(31)32-13-12-28-23(30)16-4-3-10-26-15-16/h1-11,14-15H,12-13H2,(H,27,29)(H,28,30). The molecule has 32 heavy (non-hydrogen) atoms. The Hall–Kier alpha value is -4.33. The van der Waals surface area contributed by atoms with Gasteiger partial charge in [-0.3, -0.25) is 14.8 Å². The van der Waals surface area contributed by atoms with E-state index in [4.69, 9.17) is 4.74 Å². The average Bonchev–Trinajstić information content (AvgIpc) is 2.82. The van der Waals surface area contributed by atoms with Crippen LogP contribution < -0.4 is 10.6 Å². The lowest BCUT2D eigenvalue weighted by Crippen LogP contribution is -2.28. The quantitative estimate of drug-likeness (QED) is 0.339. The predicted molar refractivity (Wildman–Crippen MR) is 118 cm³/mol. The highest BCUT2D eigenvalue weighted by molar-refractivity contribution is 5.99. The van der Waals surface area contributed by atoms with Crippen LogP contribution in [0.5, 0.6) is 0 Å². The Balaban J connectivity index is 1.41. The summed E-state index contributed by atoms with van der Waals surface area (Å²) in [5.41, 5.74) is 2.48. The van der Waals surface area contributed by atoms with Crippen molar-refractivity contribution in [2.24, 2.45) is 0 Å². The molecule has 0 atom stereocenters. The van der Waals surface area contributed by atoms with Crippen LogP contribution in [0.25, 0.3) is 10.9 Å². The zero-order chi connectivity index (χ0) is 22.3. The molecule has 0 aliphatic carbocycles. The minimum Gasteiger partial charge on any atom is -0.460 e. The van der Waals surface area contributed by atoms with Crippen molar-refractivity contribution >= 4 is 34.2 Å². The van der Waals surface area contributed by atoms with Gasteiger partial charge in [-0.2, -0.15) is 0 Å². The second-order valence-electron chi connectivity index (χ2n) is 6.82. The Kier molecular flexibility index (Phi) is 6.31. The summed E-state index contributed by atoms with van der Waals surface area (Å²) in [4.78, 5) is 32.7. The number of aromatic nitrogens is 2. The fraction of sp³-hybridized carbons (Fsp3) is 0.0833. The number of hydrogen-bond donors (Lipinski definition) is 2. The Labute approximate surface area is 183 Å². The van der Waals surface area contributed by atoms with Crippen LogP contribution in [0.4, 0.5) is 15.8 Å². The minimum atomic E-state index is -0.534. The third kappa shape index (κ3) is 4.86. The number of fused-ring (bicyclic) bond motifs is 1. The van der Waals surface area contributed by atoms with E-state index in [1.54, 1.807) is 60.9 Å². The molecule has 0 aliphatic heterocycles. The second kappa shape index (κ2) is 9.65. The molecular formula is C24H19FN4O3. The number of hydrogen-bond acceptors (Lipinski definition) is 6. The van der Waals surface area contributed by atoms with E-state index in [1.165, 1.54) is 18.3 Å². The number of esters is 1. The number of benzene rings is 2. The molecule has 0 radical (unpaired) electrons. The van der Waals surface area contributed by atoms with Gasteiger partial charge in [0.25, 0.3) is 5.91 Å². The third-order valence-electron chi connectivity index (χ3n) is 4.67. The van der Waals surface area contributed by atoms with E-state index < -0.39 is 5.97 Å². The van der Waals surface area contributed by atoms with Crippen LogP contribution in [0, 0.1) is 5.82 Å². The van der Waals surface area contributed by atoms with Gasteiger partial charge in [-0.05, 0) is 42.5 Å². The van der Waals surface area contributed by atoms with Crippen molar-refractivity contribution in [3.63, 3.8) is 0 Å². The molecule has 4 aromatic rings. The molecule has 2 N–H and O–H groups in total. The van der Waals surface area contributed by atoms with E-state index in [9.17, 15) is 14.0 Å². The maximum Gasteiger partial charge on any atom is 0.340 e. The number of anilines is 2. The average molecular weight is 430 g/mol. The lowest BCUT2D eigenvalue weighted by molar-refractivity contribution is 0.0504. The summed E-state index contributed by atoms with van der Waals surface area (Å²) in [7, 11) is 0. The van der Waals surface area contributed by atoms with Crippen molar-refractivity contribution in [1.29, 1.82) is 0 Å². The predicted octanol–water partition coefficient (Wildman–Crippen LogP) is 4.10. The van der Waals surface area contributed by atoms with Crippen LogP contribution in [0.1, 0.15) is 20.7 Å². The number of nitrogens with zero attached hydrogens (tertiary/aromatic N) is 2. The van der Waals surface area contributed by atoms with E-state index in [0.29, 0.717) is 28.0 Å². The first-order valence-corrected chi connectivity index (χ1v) is 9.87. The summed E-state index contributed by atoms with van der Waals surface area (Å²) in [6.07, 6.45) is 4.60. The van der Waals surface area contributed by atoms with Crippen molar-refractivity contribution in [3.05, 3.63) is 96.2 Å². The van der Waals surface area contributed by atoms with Crippen LogP contribution >= 0.6 is 0 Å². The summed E-state index contributed by atoms with van der Waals surface area (Å²) in [6.45, 7) is 0.173. The van der Waals surface area contributed by atoms with Gasteiger partial charge in [-0.1, -0.05) is 12.1 Å². The maximum absolute atomic E-state index is 13.5. The number of amides is 1. The topological polar surface area (TPSA) is 93.2 Å². The first kappa shape index (κ1) is 20.9. The molecule has 0 fully saturated rings. The molecule has 2 aromatic heterocycles. The van der Waals surface area contributed by atoms with Gasteiger partial charge in [0, 0.05) is 35.7 Å². The number of pyridine rings is 2. The van der Waals surface area contributed by atoms with Gasteiger partial charge in [-0.25, -0.2) is 9.18 Å². The molecule has 4 rings (SSSR count). The number of para-hydroxylation sites is 1. The molecule has 0 aliphatic rings. The summed E-state index contributed by atoms with van der Waals surface area (Å²) >= 11 is 0. The zero-order valence-corrected chi connectivity index (χ0v) is 16.9. The Bertz CT molecular complexity index is 1260. The van der Waals surface area contributed by atoms with Crippen LogP contribution in [0.15, 0.2) is 79.3 Å². The monoisotopic (exact) mass is 430 g/mol. The Morgan fingerprint density at radius 1 is 0.969 bits per heavy atom. The number of halogens is 1. The van der Waals surface area contributed by atoms with Crippen molar-refractivity contribution in [2.75, 3.05) is 18.5 Å². The van der Waals surface area contributed by atoms with Gasteiger partial charge < -0.3 is 15.4 Å². The highest BCUT2D eigenvalue weighted by atomic mass is 19.1. The third-order valence-corrected chi connectivity index (χ3v) is 4.67. The molecule has 2 heterocycles. The molecule has 8 heteroatoms. The molecule has 0 spiro atoms. The number of rotatable bonds is 7. The Morgan fingerprint density at radius 2 is 1.84 bits per heavy atom. The van der Waals surface area contributed by atoms with Gasteiger partial charge in [0.1, 0.15) is 12.4 Å². The number of carbonyl (C=O) groups is 2. The van der Waals surface area contributed by atoms with E-state index in [1.807, 2.05) is 0 Å². The normalized spacial score (nSPS) is 10.5.